The van der Waals surface area contributed by atoms with Crippen LogP contribution in [0.25, 0.3) is 0 Å². The van der Waals surface area contributed by atoms with Gasteiger partial charge in [-0.15, -0.1) is 0 Å². The summed E-state index contributed by atoms with van der Waals surface area (Å²) in [6.07, 6.45) is -17.2. The molecular formula is C52H90N2O21. The van der Waals surface area contributed by atoms with Crippen molar-refractivity contribution in [3.05, 3.63) is 0 Å². The monoisotopic (exact) mass is 1080 g/mol. The molecule has 23 heteroatoms. The molecule has 0 amide bonds. The maximum Gasteiger partial charge on any atom is 0.314 e. The Bertz CT molecular complexity index is 1930. The number of hydrogen-bond donors (Lipinski definition) is 4. The van der Waals surface area contributed by atoms with Crippen LogP contribution in [0.15, 0.2) is 0 Å². The van der Waals surface area contributed by atoms with E-state index in [0.717, 1.165) is 13.8 Å². The first-order valence-corrected chi connectivity index (χ1v) is 26.4. The van der Waals surface area contributed by atoms with Crippen LogP contribution in [0.5, 0.6) is 0 Å². The van der Waals surface area contributed by atoms with E-state index in [1.54, 1.807) is 34.6 Å². The van der Waals surface area contributed by atoms with Crippen LogP contribution in [0, 0.1) is 17.8 Å². The molecule has 24 atom stereocenters. The van der Waals surface area contributed by atoms with Crippen LogP contribution >= 0.6 is 0 Å². The van der Waals surface area contributed by atoms with E-state index >= 15 is 0 Å². The Kier molecular flexibility index (Phi) is 21.2. The van der Waals surface area contributed by atoms with Crippen molar-refractivity contribution >= 4 is 23.9 Å². The van der Waals surface area contributed by atoms with Gasteiger partial charge in [0.05, 0.1) is 29.5 Å². The number of carbonyl (C=O) groups is 4. The fraction of sp³-hybridized carbons (Fsp3) is 0.923. The van der Waals surface area contributed by atoms with Crippen LogP contribution in [-0.2, 0) is 80.8 Å². The molecule has 0 aromatic heterocycles. The van der Waals surface area contributed by atoms with Crippen LogP contribution in [-0.4, -0.2) is 222 Å². The molecule has 5 aliphatic heterocycles. The maximum absolute atomic E-state index is 15.0. The number of aliphatic hydroxyl groups excluding tert-OH is 3. The number of rotatable bonds is 15. The maximum atomic E-state index is 15.0. The zero-order chi connectivity index (χ0) is 56.4. The summed E-state index contributed by atoms with van der Waals surface area (Å²) in [5, 5.41) is 45.5. The number of esters is 4. The van der Waals surface area contributed by atoms with E-state index in [2.05, 4.69) is 0 Å². The summed E-state index contributed by atoms with van der Waals surface area (Å²) in [5.41, 5.74) is -4.39. The molecule has 0 radical (unpaired) electrons. The number of nitrogens with zero attached hydrogens (tertiary/aromatic N) is 2. The van der Waals surface area contributed by atoms with Crippen LogP contribution in [0.3, 0.4) is 0 Å². The Labute approximate surface area is 442 Å². The second-order valence-electron chi connectivity index (χ2n) is 22.6. The molecule has 2 unspecified atom stereocenters. The number of hydrogen-bond acceptors (Lipinski definition) is 23. The molecule has 434 valence electrons. The molecule has 0 spiro atoms. The fourth-order valence-electron chi connectivity index (χ4n) is 12.0. The standard InChI is InChI=1S/C52H90N2O21/c1-19-37-51(14,62)43(59)29(6)54(17)23-25(2)21-50(13)45(27(4)52(75-50,28(5)46(61)71-37)74-38-22-49(12,63-18)44(60)30(7)66-38)73-47-39(35(53(15)16)20-26(3)65-47)72-48-42(69-34(11)58)41(68-33(10)57)40(67-32(9)56)36(70-48)24-64-31(8)55/h25-30,32,35-45,47-48,56,59-60,62H,19-24H2,1-18H3/t25-,26-,27-,28+,29-,30+,32?,35+,36-,37-,38+,39-,40-,41+,42-,43-,44+,45-,47+,48?,49-,50+,51-,52+/m1/s1. The number of likely N-dealkylation sites (N-methyl/N-ethyl adjacent to an activating group) is 2. The first kappa shape index (κ1) is 63.1. The minimum absolute atomic E-state index is 0.0128. The molecule has 23 nitrogen and oxygen atoms in total. The SMILES string of the molecule is CC[C@H]1OC(=O)[C@H](C)[C@@]2(O[C@H]3C[C@@](C)(OC)[C@@H](O)[C@H](C)O3)O[C@@](C)(C[C@@H](C)CN(C)[C@H](C)[C@@H](O)[C@]1(C)O)[C@H](O[C@@H]1O[C@H](C)C[C@H](N(C)C)[C@H]1OC1O[C@H](COC(C)=O)[C@@H](OC(C)O)[C@H](OC(C)=O)[C@H]1OC(C)=O)[C@H]2C. The number of aliphatic hydroxyl groups is 4. The topological polar surface area (TPSA) is 276 Å². The van der Waals surface area contributed by atoms with Crippen molar-refractivity contribution in [1.82, 2.24) is 9.80 Å². The Morgan fingerprint density at radius 2 is 1.47 bits per heavy atom. The smallest absolute Gasteiger partial charge is 0.314 e. The van der Waals surface area contributed by atoms with Gasteiger partial charge in [0.1, 0.15) is 54.7 Å². The van der Waals surface area contributed by atoms with Gasteiger partial charge in [0.15, 0.2) is 43.2 Å². The van der Waals surface area contributed by atoms with Crippen molar-refractivity contribution in [2.75, 3.05) is 41.4 Å². The summed E-state index contributed by atoms with van der Waals surface area (Å²) in [6.45, 7) is 22.4. The summed E-state index contributed by atoms with van der Waals surface area (Å²) < 4.78 is 83.3. The highest BCUT2D eigenvalue weighted by molar-refractivity contribution is 5.74. The number of cyclic esters (lactones) is 1. The molecule has 5 fully saturated rings. The minimum Gasteiger partial charge on any atom is -0.463 e. The van der Waals surface area contributed by atoms with Crippen molar-refractivity contribution in [1.29, 1.82) is 0 Å². The van der Waals surface area contributed by atoms with Gasteiger partial charge in [-0.2, -0.15) is 0 Å². The summed E-state index contributed by atoms with van der Waals surface area (Å²) in [7, 11) is 7.00. The quantitative estimate of drug-likeness (QED) is 0.104. The van der Waals surface area contributed by atoms with Gasteiger partial charge in [0.25, 0.3) is 0 Å². The van der Waals surface area contributed by atoms with E-state index in [1.807, 2.05) is 58.6 Å². The first-order chi connectivity index (χ1) is 34.7. The molecule has 75 heavy (non-hydrogen) atoms. The van der Waals surface area contributed by atoms with Gasteiger partial charge in [-0.1, -0.05) is 20.8 Å². The third-order valence-corrected chi connectivity index (χ3v) is 16.0. The molecule has 0 aliphatic carbocycles. The van der Waals surface area contributed by atoms with Crippen LogP contribution < -0.4 is 0 Å². The van der Waals surface area contributed by atoms with E-state index in [4.69, 9.17) is 61.6 Å². The number of ether oxygens (including phenoxy) is 13. The lowest BCUT2D eigenvalue weighted by molar-refractivity contribution is -0.374. The minimum atomic E-state index is -1.94. The average molecular weight is 1080 g/mol. The van der Waals surface area contributed by atoms with Gasteiger partial charge < -0.3 is 91.8 Å². The molecule has 0 saturated carbocycles. The Morgan fingerprint density at radius 3 is 2.03 bits per heavy atom. The Morgan fingerprint density at radius 1 is 0.853 bits per heavy atom. The third-order valence-electron chi connectivity index (χ3n) is 16.0. The first-order valence-electron chi connectivity index (χ1n) is 26.4. The van der Waals surface area contributed by atoms with Crippen molar-refractivity contribution in [3.63, 3.8) is 0 Å². The summed E-state index contributed by atoms with van der Waals surface area (Å²) in [5.74, 6) is -7.39. The fourth-order valence-corrected chi connectivity index (χ4v) is 12.0. The van der Waals surface area contributed by atoms with Crippen molar-refractivity contribution < 1.29 is 101 Å². The average Bonchev–Trinajstić information content (AvgIpc) is 3.50. The van der Waals surface area contributed by atoms with Crippen molar-refractivity contribution in [3.8, 4) is 0 Å². The van der Waals surface area contributed by atoms with Crippen LogP contribution in [0.4, 0.5) is 0 Å². The summed E-state index contributed by atoms with van der Waals surface area (Å²) in [6, 6.07) is -1.11. The lowest BCUT2D eigenvalue weighted by Crippen LogP contribution is -2.66. The molecule has 0 aromatic rings. The summed E-state index contributed by atoms with van der Waals surface area (Å²) in [4.78, 5) is 56.7. The zero-order valence-corrected chi connectivity index (χ0v) is 47.4. The Hall–Kier alpha value is -2.72. The van der Waals surface area contributed by atoms with Gasteiger partial charge in [-0.25, -0.2) is 0 Å². The summed E-state index contributed by atoms with van der Waals surface area (Å²) >= 11 is 0. The zero-order valence-electron chi connectivity index (χ0n) is 47.4. The van der Waals surface area contributed by atoms with E-state index in [-0.39, 0.29) is 25.2 Å². The second-order valence-corrected chi connectivity index (χ2v) is 22.6. The van der Waals surface area contributed by atoms with Crippen molar-refractivity contribution in [2.24, 2.45) is 17.8 Å². The van der Waals surface area contributed by atoms with E-state index in [0.29, 0.717) is 13.0 Å². The molecule has 2 bridgehead atoms. The number of carbonyl (C=O) groups excluding carboxylic acids is 4. The normalized spacial score (nSPS) is 45.8. The molecule has 5 saturated heterocycles. The van der Waals surface area contributed by atoms with Gasteiger partial charge in [-0.3, -0.25) is 19.2 Å². The van der Waals surface area contributed by atoms with E-state index in [9.17, 15) is 39.6 Å². The molecular weight excluding hydrogens is 989 g/mol. The largest absolute Gasteiger partial charge is 0.463 e. The van der Waals surface area contributed by atoms with E-state index in [1.165, 1.54) is 27.9 Å². The highest BCUT2D eigenvalue weighted by Gasteiger charge is 2.67. The number of methoxy groups -OCH3 is 1. The van der Waals surface area contributed by atoms with Gasteiger partial charge in [-0.05, 0) is 102 Å². The second kappa shape index (κ2) is 25.2. The van der Waals surface area contributed by atoms with Gasteiger partial charge >= 0.3 is 23.9 Å². The molecule has 4 N–H and O–H groups in total. The van der Waals surface area contributed by atoms with Crippen molar-refractivity contribution in [2.45, 2.75) is 250 Å². The van der Waals surface area contributed by atoms with Crippen LogP contribution in [0.1, 0.15) is 123 Å². The van der Waals surface area contributed by atoms with Crippen LogP contribution in [0.2, 0.25) is 0 Å². The van der Waals surface area contributed by atoms with Gasteiger partial charge in [0, 0.05) is 58.8 Å². The third kappa shape index (κ3) is 14.0. The number of fused-ring (bicyclic) bond motifs is 2. The highest BCUT2D eigenvalue weighted by Crippen LogP contribution is 2.54. The Balaban J connectivity index is 1.69. The molecule has 5 heterocycles. The molecule has 5 rings (SSSR count). The lowest BCUT2D eigenvalue weighted by atomic mass is 9.80. The van der Waals surface area contributed by atoms with Gasteiger partial charge in [0.2, 0.25) is 0 Å². The predicted molar refractivity (Wildman–Crippen MR) is 264 cm³/mol. The highest BCUT2D eigenvalue weighted by atomic mass is 16.8. The predicted octanol–water partition coefficient (Wildman–Crippen LogP) is 2.17. The molecule has 0 aromatic carbocycles. The molecule has 5 aliphatic rings. The van der Waals surface area contributed by atoms with E-state index < -0.39 is 169 Å². The lowest BCUT2D eigenvalue weighted by Gasteiger charge is -2.49.